The standard InChI is InChI=1S/C18H26N2O2S/c1-20-15(3-4-16(21)22-2)11-23-17(20)19-18-8-12-5-13(9-18)7-14(6-12)10-18/h11-14H,3-10H2,1-2H3. The van der Waals surface area contributed by atoms with Crippen LogP contribution in [0.2, 0.25) is 0 Å². The van der Waals surface area contributed by atoms with Crippen LogP contribution in [0.15, 0.2) is 10.4 Å². The van der Waals surface area contributed by atoms with E-state index >= 15 is 0 Å². The minimum atomic E-state index is -0.143. The Labute approximate surface area is 141 Å². The zero-order chi connectivity index (χ0) is 16.0. The van der Waals surface area contributed by atoms with Crippen LogP contribution >= 0.6 is 11.3 Å². The Morgan fingerprint density at radius 2 is 1.91 bits per heavy atom. The molecule has 4 bridgehead atoms. The van der Waals surface area contributed by atoms with Gasteiger partial charge in [-0.25, -0.2) is 0 Å². The van der Waals surface area contributed by atoms with Crippen molar-refractivity contribution in [1.29, 1.82) is 0 Å². The molecule has 0 radical (unpaired) electrons. The van der Waals surface area contributed by atoms with E-state index in [-0.39, 0.29) is 11.5 Å². The number of aryl methyl sites for hydroxylation is 1. The first-order chi connectivity index (χ1) is 11.1. The van der Waals surface area contributed by atoms with Crippen molar-refractivity contribution in [2.75, 3.05) is 7.11 Å². The van der Waals surface area contributed by atoms with E-state index in [0.717, 1.165) is 29.0 Å². The molecular formula is C18H26N2O2S. The highest BCUT2D eigenvalue weighted by molar-refractivity contribution is 7.07. The summed E-state index contributed by atoms with van der Waals surface area (Å²) in [5, 5.41) is 2.16. The van der Waals surface area contributed by atoms with Crippen LogP contribution in [0, 0.1) is 17.8 Å². The first kappa shape index (κ1) is 15.4. The monoisotopic (exact) mass is 334 g/mol. The molecule has 0 spiro atoms. The van der Waals surface area contributed by atoms with Gasteiger partial charge in [0.15, 0.2) is 4.80 Å². The van der Waals surface area contributed by atoms with E-state index in [9.17, 15) is 4.79 Å². The molecule has 4 saturated carbocycles. The van der Waals surface area contributed by atoms with Gasteiger partial charge < -0.3 is 9.30 Å². The highest BCUT2D eigenvalue weighted by atomic mass is 32.1. The Bertz CT molecular complexity index is 638. The Balaban J connectivity index is 1.57. The van der Waals surface area contributed by atoms with Gasteiger partial charge >= 0.3 is 5.97 Å². The summed E-state index contributed by atoms with van der Waals surface area (Å²) in [6, 6.07) is 0. The lowest BCUT2D eigenvalue weighted by atomic mass is 9.53. The van der Waals surface area contributed by atoms with Gasteiger partial charge in [-0.1, -0.05) is 0 Å². The van der Waals surface area contributed by atoms with E-state index in [1.807, 2.05) is 0 Å². The van der Waals surface area contributed by atoms with Crippen molar-refractivity contribution in [3.8, 4) is 0 Å². The molecule has 1 heterocycles. The summed E-state index contributed by atoms with van der Waals surface area (Å²) in [4.78, 5) is 17.8. The van der Waals surface area contributed by atoms with Gasteiger partial charge in [0.2, 0.25) is 0 Å². The SMILES string of the molecule is COC(=O)CCc1csc(=NC23CC4CC(CC(C4)C2)C3)n1C. The van der Waals surface area contributed by atoms with Gasteiger partial charge in [0.05, 0.1) is 19.1 Å². The van der Waals surface area contributed by atoms with Crippen LogP contribution in [0.5, 0.6) is 0 Å². The van der Waals surface area contributed by atoms with E-state index in [1.54, 1.807) is 11.3 Å². The van der Waals surface area contributed by atoms with Crippen molar-refractivity contribution in [2.45, 2.75) is 56.9 Å². The molecule has 4 aliphatic carbocycles. The Hall–Kier alpha value is -1.10. The first-order valence-electron chi connectivity index (χ1n) is 8.83. The first-order valence-corrected chi connectivity index (χ1v) is 9.71. The largest absolute Gasteiger partial charge is 0.469 e. The molecule has 0 atom stereocenters. The van der Waals surface area contributed by atoms with Gasteiger partial charge in [0.25, 0.3) is 0 Å². The average Bonchev–Trinajstić information content (AvgIpc) is 2.83. The zero-order valence-electron chi connectivity index (χ0n) is 14.1. The van der Waals surface area contributed by atoms with Crippen LogP contribution < -0.4 is 4.80 Å². The van der Waals surface area contributed by atoms with Crippen LogP contribution in [0.4, 0.5) is 0 Å². The van der Waals surface area contributed by atoms with Crippen LogP contribution in [-0.4, -0.2) is 23.2 Å². The third-order valence-electron chi connectivity index (χ3n) is 6.17. The summed E-state index contributed by atoms with van der Waals surface area (Å²) in [6.07, 6.45) is 9.44. The van der Waals surface area contributed by atoms with E-state index in [4.69, 9.17) is 9.73 Å². The summed E-state index contributed by atoms with van der Waals surface area (Å²) in [6.45, 7) is 0. The molecule has 1 aromatic heterocycles. The number of rotatable bonds is 4. The predicted octanol–water partition coefficient (Wildman–Crippen LogP) is 3.06. The van der Waals surface area contributed by atoms with Crippen molar-refractivity contribution >= 4 is 17.3 Å². The molecule has 4 nitrogen and oxygen atoms in total. The Morgan fingerprint density at radius 3 is 2.48 bits per heavy atom. The number of carbonyl (C=O) groups is 1. The molecule has 0 unspecified atom stereocenters. The minimum absolute atomic E-state index is 0.143. The lowest BCUT2D eigenvalue weighted by molar-refractivity contribution is -0.140. The lowest BCUT2D eigenvalue weighted by Gasteiger charge is -2.54. The number of ether oxygens (including phenoxy) is 1. The number of hydrogen-bond acceptors (Lipinski definition) is 4. The predicted molar refractivity (Wildman–Crippen MR) is 90.1 cm³/mol. The number of thiazole rings is 1. The normalized spacial score (nSPS) is 35.7. The molecule has 5 rings (SSSR count). The van der Waals surface area contributed by atoms with Gasteiger partial charge in [-0.05, 0) is 62.7 Å². The second-order valence-corrected chi connectivity index (χ2v) is 8.74. The number of aromatic nitrogens is 1. The number of nitrogens with zero attached hydrogens (tertiary/aromatic N) is 2. The van der Waals surface area contributed by atoms with Crippen molar-refractivity contribution in [3.63, 3.8) is 0 Å². The summed E-state index contributed by atoms with van der Waals surface area (Å²) in [5.41, 5.74) is 1.40. The Kier molecular flexibility index (Phi) is 3.87. The Morgan fingerprint density at radius 1 is 1.30 bits per heavy atom. The van der Waals surface area contributed by atoms with Crippen LogP contribution in [0.25, 0.3) is 0 Å². The molecule has 0 N–H and O–H groups in total. The van der Waals surface area contributed by atoms with Crippen molar-refractivity contribution < 1.29 is 9.53 Å². The average molecular weight is 334 g/mol. The van der Waals surface area contributed by atoms with Crippen LogP contribution in [-0.2, 0) is 23.0 Å². The number of methoxy groups -OCH3 is 1. The quantitative estimate of drug-likeness (QED) is 0.794. The molecule has 5 heteroatoms. The van der Waals surface area contributed by atoms with Crippen LogP contribution in [0.3, 0.4) is 0 Å². The van der Waals surface area contributed by atoms with E-state index in [0.29, 0.717) is 6.42 Å². The number of esters is 1. The molecule has 0 amide bonds. The van der Waals surface area contributed by atoms with Gasteiger partial charge in [-0.15, -0.1) is 11.3 Å². The fraction of sp³-hybridized carbons (Fsp3) is 0.778. The topological polar surface area (TPSA) is 43.6 Å². The van der Waals surface area contributed by atoms with Crippen LogP contribution in [0.1, 0.15) is 50.6 Å². The maximum atomic E-state index is 11.4. The fourth-order valence-corrected chi connectivity index (χ4v) is 6.51. The summed E-state index contributed by atoms with van der Waals surface area (Å²) in [7, 11) is 3.53. The van der Waals surface area contributed by atoms with E-state index in [2.05, 4.69) is 17.0 Å². The molecular weight excluding hydrogens is 308 g/mol. The van der Waals surface area contributed by atoms with Gasteiger partial charge in [-0.3, -0.25) is 9.79 Å². The third kappa shape index (κ3) is 2.88. The van der Waals surface area contributed by atoms with Gasteiger partial charge in [-0.2, -0.15) is 0 Å². The molecule has 4 aliphatic rings. The highest BCUT2D eigenvalue weighted by Crippen LogP contribution is 2.57. The fourth-order valence-electron chi connectivity index (χ4n) is 5.47. The van der Waals surface area contributed by atoms with Crippen molar-refractivity contribution in [2.24, 2.45) is 29.8 Å². The number of hydrogen-bond donors (Lipinski definition) is 0. The van der Waals surface area contributed by atoms with E-state index in [1.165, 1.54) is 51.3 Å². The summed E-state index contributed by atoms with van der Waals surface area (Å²) in [5.74, 6) is 2.63. The summed E-state index contributed by atoms with van der Waals surface area (Å²) >= 11 is 1.73. The minimum Gasteiger partial charge on any atom is -0.469 e. The summed E-state index contributed by atoms with van der Waals surface area (Å²) < 4.78 is 6.93. The molecule has 126 valence electrons. The van der Waals surface area contributed by atoms with Crippen molar-refractivity contribution in [1.82, 2.24) is 4.57 Å². The second kappa shape index (κ2) is 5.76. The van der Waals surface area contributed by atoms with Crippen molar-refractivity contribution in [3.05, 3.63) is 15.9 Å². The molecule has 0 aliphatic heterocycles. The molecule has 0 saturated heterocycles. The smallest absolute Gasteiger partial charge is 0.305 e. The molecule has 23 heavy (non-hydrogen) atoms. The highest BCUT2D eigenvalue weighted by Gasteiger charge is 2.51. The maximum Gasteiger partial charge on any atom is 0.305 e. The lowest BCUT2D eigenvalue weighted by Crippen LogP contribution is -2.50. The van der Waals surface area contributed by atoms with E-state index < -0.39 is 0 Å². The molecule has 0 aromatic carbocycles. The molecule has 1 aromatic rings. The molecule has 4 fully saturated rings. The third-order valence-corrected chi connectivity index (χ3v) is 7.14. The zero-order valence-corrected chi connectivity index (χ0v) is 14.9. The van der Waals surface area contributed by atoms with Gasteiger partial charge in [0.1, 0.15) is 0 Å². The number of carbonyl (C=O) groups excluding carboxylic acids is 1. The maximum absolute atomic E-state index is 11.4. The van der Waals surface area contributed by atoms with Gasteiger partial charge in [0, 0.05) is 18.1 Å². The second-order valence-electron chi connectivity index (χ2n) is 7.90.